The Hall–Kier alpha value is -2.29. The highest BCUT2D eigenvalue weighted by atomic mass is 16.1. The maximum absolute atomic E-state index is 12.1. The van der Waals surface area contributed by atoms with Crippen molar-refractivity contribution in [3.05, 3.63) is 52.3 Å². The molecule has 0 saturated heterocycles. The summed E-state index contributed by atoms with van der Waals surface area (Å²) in [6.07, 6.45) is 0.921. The van der Waals surface area contributed by atoms with Crippen LogP contribution >= 0.6 is 0 Å². The molecule has 0 fully saturated rings. The Bertz CT molecular complexity index is 803. The minimum atomic E-state index is -0.0439. The van der Waals surface area contributed by atoms with Gasteiger partial charge in [0.2, 0.25) is 0 Å². The number of anilines is 1. The molecule has 0 aliphatic heterocycles. The van der Waals surface area contributed by atoms with E-state index in [0.717, 1.165) is 33.7 Å². The summed E-state index contributed by atoms with van der Waals surface area (Å²) in [7, 11) is 0. The average Bonchev–Trinajstić information content (AvgIpc) is 2.50. The Labute approximate surface area is 118 Å². The third kappa shape index (κ3) is 2.39. The van der Waals surface area contributed by atoms with Crippen LogP contribution in [0.15, 0.2) is 41.2 Å². The largest absolute Gasteiger partial charge is 0.399 e. The molecule has 3 rings (SSSR count). The first-order valence-corrected chi connectivity index (χ1v) is 7.03. The SMILES string of the molecule is CC.CCc1ccc2c(c1)c(=O)[nH]c1ccc(N)cc12. The number of nitrogens with two attached hydrogens (primary N) is 1. The van der Waals surface area contributed by atoms with Gasteiger partial charge in [0, 0.05) is 22.0 Å². The number of hydrogen-bond donors (Lipinski definition) is 2. The fourth-order valence-corrected chi connectivity index (χ4v) is 2.32. The van der Waals surface area contributed by atoms with E-state index >= 15 is 0 Å². The van der Waals surface area contributed by atoms with Crippen LogP contribution in [0, 0.1) is 0 Å². The monoisotopic (exact) mass is 268 g/mol. The Morgan fingerprint density at radius 1 is 1.00 bits per heavy atom. The number of hydrogen-bond acceptors (Lipinski definition) is 2. The Kier molecular flexibility index (Phi) is 4.08. The van der Waals surface area contributed by atoms with Gasteiger partial charge in [0.15, 0.2) is 0 Å². The van der Waals surface area contributed by atoms with Crippen LogP contribution in [-0.4, -0.2) is 4.98 Å². The first-order chi connectivity index (χ1) is 9.69. The van der Waals surface area contributed by atoms with Gasteiger partial charge in [-0.15, -0.1) is 0 Å². The lowest BCUT2D eigenvalue weighted by atomic mass is 10.0. The van der Waals surface area contributed by atoms with Crippen molar-refractivity contribution in [3.8, 4) is 0 Å². The summed E-state index contributed by atoms with van der Waals surface area (Å²) in [5.41, 5.74) is 8.47. The van der Waals surface area contributed by atoms with E-state index in [4.69, 9.17) is 5.73 Å². The van der Waals surface area contributed by atoms with Crippen LogP contribution in [0.3, 0.4) is 0 Å². The lowest BCUT2D eigenvalue weighted by molar-refractivity contribution is 1.14. The molecule has 1 heterocycles. The van der Waals surface area contributed by atoms with Gasteiger partial charge in [-0.1, -0.05) is 32.9 Å². The van der Waals surface area contributed by atoms with Crippen LogP contribution in [0.5, 0.6) is 0 Å². The first-order valence-electron chi connectivity index (χ1n) is 7.03. The number of nitrogen functional groups attached to an aromatic ring is 1. The predicted molar refractivity (Wildman–Crippen MR) is 87.2 cm³/mol. The Morgan fingerprint density at radius 3 is 2.45 bits per heavy atom. The van der Waals surface area contributed by atoms with Crippen molar-refractivity contribution in [1.29, 1.82) is 0 Å². The standard InChI is InChI=1S/C15H14N2O.C2H6/c1-2-9-3-5-11-12-8-10(16)4-6-14(12)17-15(18)13(11)7-9;1-2/h3-8H,2,16H2,1H3,(H,17,18);1-2H3. The van der Waals surface area contributed by atoms with E-state index in [0.29, 0.717) is 5.69 Å². The molecule has 0 aliphatic rings. The third-order valence-electron chi connectivity index (χ3n) is 3.32. The van der Waals surface area contributed by atoms with Gasteiger partial charge in [0.25, 0.3) is 5.56 Å². The second-order valence-electron chi connectivity index (χ2n) is 4.49. The van der Waals surface area contributed by atoms with Crippen molar-refractivity contribution in [1.82, 2.24) is 4.98 Å². The summed E-state index contributed by atoms with van der Waals surface area (Å²) in [5, 5.41) is 2.68. The molecule has 0 radical (unpaired) electrons. The number of pyridine rings is 1. The molecule has 0 saturated carbocycles. The van der Waals surface area contributed by atoms with Crippen molar-refractivity contribution < 1.29 is 0 Å². The summed E-state index contributed by atoms with van der Waals surface area (Å²) in [6.45, 7) is 6.08. The van der Waals surface area contributed by atoms with Gasteiger partial charge >= 0.3 is 0 Å². The second kappa shape index (κ2) is 5.78. The zero-order chi connectivity index (χ0) is 14.7. The number of H-pyrrole nitrogens is 1. The first kappa shape index (κ1) is 14.1. The van der Waals surface area contributed by atoms with Crippen LogP contribution in [0.1, 0.15) is 26.3 Å². The second-order valence-corrected chi connectivity index (χ2v) is 4.49. The van der Waals surface area contributed by atoms with E-state index in [1.165, 1.54) is 0 Å². The Morgan fingerprint density at radius 2 is 1.75 bits per heavy atom. The highest BCUT2D eigenvalue weighted by Gasteiger charge is 2.05. The molecule has 0 atom stereocenters. The van der Waals surface area contributed by atoms with Gasteiger partial charge in [-0.25, -0.2) is 0 Å². The maximum Gasteiger partial charge on any atom is 0.256 e. The number of aryl methyl sites for hydroxylation is 1. The zero-order valence-electron chi connectivity index (χ0n) is 12.2. The molecule has 1 aromatic heterocycles. The molecule has 0 unspecified atom stereocenters. The van der Waals surface area contributed by atoms with Crippen molar-refractivity contribution in [2.24, 2.45) is 0 Å². The zero-order valence-corrected chi connectivity index (χ0v) is 12.2. The molecule has 0 aliphatic carbocycles. The smallest absolute Gasteiger partial charge is 0.256 e. The summed E-state index contributed by atoms with van der Waals surface area (Å²) in [6, 6.07) is 11.6. The summed E-state index contributed by atoms with van der Waals surface area (Å²) in [5.74, 6) is 0. The van der Waals surface area contributed by atoms with Crippen LogP contribution in [-0.2, 0) is 6.42 Å². The number of aromatic nitrogens is 1. The molecule has 3 aromatic rings. The van der Waals surface area contributed by atoms with Gasteiger partial charge in [-0.2, -0.15) is 0 Å². The van der Waals surface area contributed by atoms with Crippen LogP contribution in [0.2, 0.25) is 0 Å². The number of fused-ring (bicyclic) bond motifs is 3. The summed E-state index contributed by atoms with van der Waals surface area (Å²) < 4.78 is 0. The van der Waals surface area contributed by atoms with Crippen molar-refractivity contribution in [2.45, 2.75) is 27.2 Å². The fraction of sp³-hybridized carbons (Fsp3) is 0.235. The van der Waals surface area contributed by atoms with Gasteiger partial charge < -0.3 is 10.7 Å². The summed E-state index contributed by atoms with van der Waals surface area (Å²) in [4.78, 5) is 15.0. The topological polar surface area (TPSA) is 58.9 Å². The van der Waals surface area contributed by atoms with Crippen LogP contribution < -0.4 is 11.3 Å². The normalized spacial score (nSPS) is 10.3. The average molecular weight is 268 g/mol. The molecular formula is C17H20N2O. The van der Waals surface area contributed by atoms with E-state index in [2.05, 4.69) is 18.0 Å². The van der Waals surface area contributed by atoms with E-state index in [1.54, 1.807) is 6.07 Å². The van der Waals surface area contributed by atoms with Crippen LogP contribution in [0.4, 0.5) is 5.69 Å². The van der Waals surface area contributed by atoms with Gasteiger partial charge in [0.1, 0.15) is 0 Å². The maximum atomic E-state index is 12.1. The van der Waals surface area contributed by atoms with Crippen molar-refractivity contribution >= 4 is 27.4 Å². The minimum Gasteiger partial charge on any atom is -0.399 e. The number of rotatable bonds is 1. The van der Waals surface area contributed by atoms with E-state index in [1.807, 2.05) is 38.1 Å². The highest BCUT2D eigenvalue weighted by Crippen LogP contribution is 2.24. The van der Waals surface area contributed by atoms with E-state index in [9.17, 15) is 4.79 Å². The molecule has 0 amide bonds. The van der Waals surface area contributed by atoms with E-state index in [-0.39, 0.29) is 5.56 Å². The lowest BCUT2D eigenvalue weighted by Gasteiger charge is -2.06. The molecule has 3 N–H and O–H groups in total. The molecule has 20 heavy (non-hydrogen) atoms. The third-order valence-corrected chi connectivity index (χ3v) is 3.32. The van der Waals surface area contributed by atoms with Crippen LogP contribution in [0.25, 0.3) is 21.7 Å². The molecule has 104 valence electrons. The molecule has 2 aromatic carbocycles. The lowest BCUT2D eigenvalue weighted by Crippen LogP contribution is -2.06. The molecule has 0 spiro atoms. The van der Waals surface area contributed by atoms with E-state index < -0.39 is 0 Å². The fourth-order valence-electron chi connectivity index (χ4n) is 2.32. The predicted octanol–water partition coefficient (Wildman–Crippen LogP) is 3.85. The molecule has 3 nitrogen and oxygen atoms in total. The molecular weight excluding hydrogens is 248 g/mol. The van der Waals surface area contributed by atoms with Gasteiger partial charge in [-0.05, 0) is 41.6 Å². The summed E-state index contributed by atoms with van der Waals surface area (Å²) >= 11 is 0. The van der Waals surface area contributed by atoms with Crippen molar-refractivity contribution in [3.63, 3.8) is 0 Å². The quantitative estimate of drug-likeness (QED) is 0.520. The molecule has 3 heteroatoms. The van der Waals surface area contributed by atoms with Crippen molar-refractivity contribution in [2.75, 3.05) is 5.73 Å². The molecule has 0 bridgehead atoms. The van der Waals surface area contributed by atoms with Gasteiger partial charge in [-0.3, -0.25) is 4.79 Å². The van der Waals surface area contributed by atoms with Gasteiger partial charge in [0.05, 0.1) is 0 Å². The number of benzene rings is 2. The number of aromatic amines is 1. The number of nitrogens with one attached hydrogen (secondary N) is 1. The highest BCUT2D eigenvalue weighted by molar-refractivity contribution is 6.06. The Balaban J connectivity index is 0.000000704. The minimum absolute atomic E-state index is 0.0439.